The van der Waals surface area contributed by atoms with Gasteiger partial charge in [0.2, 0.25) is 0 Å². The smallest absolute Gasteiger partial charge is 0.331 e. The molecule has 1 aliphatic rings. The van der Waals surface area contributed by atoms with Gasteiger partial charge in [0.1, 0.15) is 5.54 Å². The first-order chi connectivity index (χ1) is 9.03. The van der Waals surface area contributed by atoms with Crippen LogP contribution >= 0.6 is 0 Å². The molecule has 0 aromatic heterocycles. The van der Waals surface area contributed by atoms with E-state index in [4.69, 9.17) is 4.74 Å². The number of hydrogen-bond donors (Lipinski definition) is 1. The molecular weight excluding hydrogens is 238 g/mol. The molecule has 1 aromatic rings. The summed E-state index contributed by atoms with van der Waals surface area (Å²) in [6, 6.07) is 8.12. The Labute approximate surface area is 115 Å². The molecule has 0 spiro atoms. The van der Waals surface area contributed by atoms with E-state index < -0.39 is 5.54 Å². The molecule has 2 rings (SSSR count). The molecule has 0 aliphatic heterocycles. The van der Waals surface area contributed by atoms with Crippen molar-refractivity contribution in [3.8, 4) is 0 Å². The number of benzene rings is 1. The number of hydrogen-bond acceptors (Lipinski definition) is 3. The number of anilines is 1. The maximum Gasteiger partial charge on any atom is 0.331 e. The monoisotopic (exact) mass is 261 g/mol. The van der Waals surface area contributed by atoms with Crippen molar-refractivity contribution in [3.63, 3.8) is 0 Å². The third-order valence-corrected chi connectivity index (χ3v) is 3.59. The van der Waals surface area contributed by atoms with Crippen molar-refractivity contribution in [2.75, 3.05) is 11.9 Å². The van der Waals surface area contributed by atoms with Crippen LogP contribution in [0.3, 0.4) is 0 Å². The molecule has 1 fully saturated rings. The minimum absolute atomic E-state index is 0.150. The fourth-order valence-electron chi connectivity index (χ4n) is 2.33. The van der Waals surface area contributed by atoms with Crippen LogP contribution in [0.15, 0.2) is 24.3 Å². The fraction of sp³-hybridized carbons (Fsp3) is 0.562. The molecule has 0 amide bonds. The van der Waals surface area contributed by atoms with Gasteiger partial charge in [0.25, 0.3) is 0 Å². The summed E-state index contributed by atoms with van der Waals surface area (Å²) < 4.78 is 5.23. The number of rotatable bonds is 6. The van der Waals surface area contributed by atoms with Gasteiger partial charge in [0.05, 0.1) is 6.61 Å². The van der Waals surface area contributed by atoms with Gasteiger partial charge in [-0.1, -0.05) is 30.5 Å². The SMILES string of the molecule is CCOC(=O)C(C)(CC1CC1)Nc1ccc(C)cc1. The lowest BCUT2D eigenvalue weighted by atomic mass is 9.94. The lowest BCUT2D eigenvalue weighted by Crippen LogP contribution is -2.45. The molecule has 1 N–H and O–H groups in total. The minimum Gasteiger partial charge on any atom is -0.464 e. The molecule has 3 nitrogen and oxygen atoms in total. The molecule has 3 heteroatoms. The van der Waals surface area contributed by atoms with Crippen LogP contribution in [0.1, 0.15) is 38.7 Å². The van der Waals surface area contributed by atoms with Crippen LogP contribution < -0.4 is 5.32 Å². The highest BCUT2D eigenvalue weighted by Gasteiger charge is 2.40. The van der Waals surface area contributed by atoms with Crippen LogP contribution in [0, 0.1) is 12.8 Å². The Morgan fingerprint density at radius 3 is 2.53 bits per heavy atom. The topological polar surface area (TPSA) is 38.3 Å². The molecule has 0 bridgehead atoms. The number of esters is 1. The van der Waals surface area contributed by atoms with Crippen LogP contribution in [0.4, 0.5) is 5.69 Å². The third-order valence-electron chi connectivity index (χ3n) is 3.59. The summed E-state index contributed by atoms with van der Waals surface area (Å²) in [5.74, 6) is 0.509. The predicted octanol–water partition coefficient (Wildman–Crippen LogP) is 3.53. The maximum absolute atomic E-state index is 12.2. The quantitative estimate of drug-likeness (QED) is 0.796. The number of ether oxygens (including phenoxy) is 1. The van der Waals surface area contributed by atoms with Gasteiger partial charge in [-0.05, 0) is 45.2 Å². The Hall–Kier alpha value is -1.51. The summed E-state index contributed by atoms with van der Waals surface area (Å²) in [5, 5.41) is 3.36. The van der Waals surface area contributed by atoms with E-state index in [0.717, 1.165) is 12.1 Å². The van der Waals surface area contributed by atoms with E-state index >= 15 is 0 Å². The van der Waals surface area contributed by atoms with Crippen LogP contribution in [-0.4, -0.2) is 18.1 Å². The Morgan fingerprint density at radius 2 is 2.00 bits per heavy atom. The van der Waals surface area contributed by atoms with Crippen LogP contribution in [0.25, 0.3) is 0 Å². The summed E-state index contributed by atoms with van der Waals surface area (Å²) >= 11 is 0. The standard InChI is InChI=1S/C16H23NO2/c1-4-19-15(18)16(3,11-13-7-8-13)17-14-9-5-12(2)6-10-14/h5-6,9-10,13,17H,4,7-8,11H2,1-3H3. The normalized spacial score (nSPS) is 17.6. The van der Waals surface area contributed by atoms with Crippen molar-refractivity contribution in [2.45, 2.75) is 45.6 Å². The zero-order valence-electron chi connectivity index (χ0n) is 12.0. The molecule has 0 heterocycles. The van der Waals surface area contributed by atoms with Gasteiger partial charge in [-0.25, -0.2) is 4.79 Å². The number of aryl methyl sites for hydroxylation is 1. The molecule has 19 heavy (non-hydrogen) atoms. The molecule has 1 saturated carbocycles. The van der Waals surface area contributed by atoms with Gasteiger partial charge in [0.15, 0.2) is 0 Å². The average molecular weight is 261 g/mol. The average Bonchev–Trinajstić information content (AvgIpc) is 3.16. The highest BCUT2D eigenvalue weighted by atomic mass is 16.5. The summed E-state index contributed by atoms with van der Waals surface area (Å²) in [5.41, 5.74) is 1.57. The lowest BCUT2D eigenvalue weighted by molar-refractivity contribution is -0.148. The van der Waals surface area contributed by atoms with Crippen LogP contribution in [0.5, 0.6) is 0 Å². The van der Waals surface area contributed by atoms with E-state index in [0.29, 0.717) is 12.5 Å². The first-order valence-electron chi connectivity index (χ1n) is 7.05. The largest absolute Gasteiger partial charge is 0.464 e. The van der Waals surface area contributed by atoms with Crippen molar-refractivity contribution >= 4 is 11.7 Å². The van der Waals surface area contributed by atoms with E-state index in [1.54, 1.807) is 0 Å². The van der Waals surface area contributed by atoms with Gasteiger partial charge in [0, 0.05) is 5.69 Å². The number of carbonyl (C=O) groups excluding carboxylic acids is 1. The van der Waals surface area contributed by atoms with Crippen LogP contribution in [-0.2, 0) is 9.53 Å². The van der Waals surface area contributed by atoms with E-state index in [-0.39, 0.29) is 5.97 Å². The van der Waals surface area contributed by atoms with E-state index in [1.807, 2.05) is 38.1 Å². The summed E-state index contributed by atoms with van der Waals surface area (Å²) in [6.07, 6.45) is 3.30. The van der Waals surface area contributed by atoms with Gasteiger partial charge in [-0.2, -0.15) is 0 Å². The number of carbonyl (C=O) groups is 1. The predicted molar refractivity (Wildman–Crippen MR) is 77.2 cm³/mol. The zero-order chi connectivity index (χ0) is 13.9. The van der Waals surface area contributed by atoms with Crippen molar-refractivity contribution in [3.05, 3.63) is 29.8 Å². The molecule has 0 radical (unpaired) electrons. The number of nitrogens with one attached hydrogen (secondary N) is 1. The molecule has 0 saturated heterocycles. The molecule has 1 aromatic carbocycles. The second-order valence-electron chi connectivity index (χ2n) is 5.69. The van der Waals surface area contributed by atoms with Crippen molar-refractivity contribution < 1.29 is 9.53 Å². The summed E-state index contributed by atoms with van der Waals surface area (Å²) in [6.45, 7) is 6.28. The third kappa shape index (κ3) is 3.72. The summed E-state index contributed by atoms with van der Waals surface area (Å²) in [4.78, 5) is 12.2. The molecule has 1 atom stereocenters. The Kier molecular flexibility index (Phi) is 4.13. The first kappa shape index (κ1) is 13.9. The molecule has 1 unspecified atom stereocenters. The lowest BCUT2D eigenvalue weighted by Gasteiger charge is -2.29. The van der Waals surface area contributed by atoms with Gasteiger partial charge in [-0.15, -0.1) is 0 Å². The van der Waals surface area contributed by atoms with E-state index in [2.05, 4.69) is 12.2 Å². The van der Waals surface area contributed by atoms with E-state index in [1.165, 1.54) is 18.4 Å². The van der Waals surface area contributed by atoms with Crippen molar-refractivity contribution in [1.82, 2.24) is 0 Å². The highest BCUT2D eigenvalue weighted by Crippen LogP contribution is 2.38. The van der Waals surface area contributed by atoms with Gasteiger partial charge >= 0.3 is 5.97 Å². The molecular formula is C16H23NO2. The Bertz CT molecular complexity index is 437. The van der Waals surface area contributed by atoms with E-state index in [9.17, 15) is 4.79 Å². The van der Waals surface area contributed by atoms with Gasteiger partial charge in [-0.3, -0.25) is 0 Å². The first-order valence-corrected chi connectivity index (χ1v) is 7.05. The molecule has 1 aliphatic carbocycles. The molecule has 104 valence electrons. The maximum atomic E-state index is 12.2. The Balaban J connectivity index is 2.11. The Morgan fingerprint density at radius 1 is 1.37 bits per heavy atom. The fourth-order valence-corrected chi connectivity index (χ4v) is 2.33. The van der Waals surface area contributed by atoms with Crippen molar-refractivity contribution in [2.24, 2.45) is 5.92 Å². The van der Waals surface area contributed by atoms with Crippen LogP contribution in [0.2, 0.25) is 0 Å². The summed E-state index contributed by atoms with van der Waals surface area (Å²) in [7, 11) is 0. The minimum atomic E-state index is -0.619. The highest BCUT2D eigenvalue weighted by molar-refractivity contribution is 5.84. The van der Waals surface area contributed by atoms with Crippen molar-refractivity contribution in [1.29, 1.82) is 0 Å². The second kappa shape index (κ2) is 5.64. The zero-order valence-corrected chi connectivity index (χ0v) is 12.0. The van der Waals surface area contributed by atoms with Gasteiger partial charge < -0.3 is 10.1 Å². The second-order valence-corrected chi connectivity index (χ2v) is 5.69.